The lowest BCUT2D eigenvalue weighted by Gasteiger charge is -2.06. The average Bonchev–Trinajstić information content (AvgIpc) is 2.08. The molecule has 2 nitrogen and oxygen atoms in total. The second-order valence-electron chi connectivity index (χ2n) is 1.53. The Balaban J connectivity index is 0. The van der Waals surface area contributed by atoms with E-state index in [0.717, 1.165) is 15.6 Å². The average molecular weight is 250 g/mol. The molecule has 0 radical (unpaired) electrons. The maximum atomic E-state index is 10.4. The number of carbonyl (C=O) groups excluding carboxylic acids is 1. The summed E-state index contributed by atoms with van der Waals surface area (Å²) in [5.74, 6) is -0.149. The van der Waals surface area contributed by atoms with Gasteiger partial charge in [0.05, 0.1) is 0 Å². The Kier molecular flexibility index (Phi) is 13.9. The summed E-state index contributed by atoms with van der Waals surface area (Å²) in [7, 11) is 0.778. The van der Waals surface area contributed by atoms with Gasteiger partial charge in [-0.05, 0) is 0 Å². The van der Waals surface area contributed by atoms with Gasteiger partial charge in [-0.1, -0.05) is 18.2 Å². The molecule has 0 aromatic heterocycles. The topological polar surface area (TPSA) is 26.3 Å². The molecular formula is C6H11Cl3O2Si. The number of halogens is 3. The van der Waals surface area contributed by atoms with Crippen LogP contribution in [0.25, 0.3) is 0 Å². The van der Waals surface area contributed by atoms with Gasteiger partial charge in [0.15, 0.2) is 5.56 Å². The van der Waals surface area contributed by atoms with Crippen LogP contribution in [0.15, 0.2) is 12.7 Å². The monoisotopic (exact) mass is 248 g/mol. The van der Waals surface area contributed by atoms with E-state index in [9.17, 15) is 4.79 Å². The molecule has 0 bridgehead atoms. The van der Waals surface area contributed by atoms with E-state index in [-0.39, 0.29) is 0 Å². The van der Waals surface area contributed by atoms with Gasteiger partial charge in [0, 0.05) is 18.4 Å². The van der Waals surface area contributed by atoms with Gasteiger partial charge in [0.1, 0.15) is 9.55 Å². The van der Waals surface area contributed by atoms with E-state index < -0.39 is 11.5 Å². The van der Waals surface area contributed by atoms with Crippen LogP contribution in [0.1, 0.15) is 6.42 Å². The lowest BCUT2D eigenvalue weighted by Crippen LogP contribution is -2.10. The molecule has 0 aromatic rings. The molecule has 0 aromatic carbocycles. The summed E-state index contributed by atoms with van der Waals surface area (Å²) in [6.07, 6.45) is 1.51. The quantitative estimate of drug-likeness (QED) is 0.248. The van der Waals surface area contributed by atoms with Crippen molar-refractivity contribution >= 4 is 49.8 Å². The van der Waals surface area contributed by atoms with E-state index in [2.05, 4.69) is 11.3 Å². The Labute approximate surface area is 89.9 Å². The molecule has 0 aliphatic rings. The molecule has 0 N–H and O–H groups in total. The van der Waals surface area contributed by atoms with Crippen LogP contribution >= 0.6 is 34.3 Å². The van der Waals surface area contributed by atoms with E-state index in [4.69, 9.17) is 34.3 Å². The SMILES string of the molecule is C=CC(=O)OC(Cl)CCCl.[SiH3]Cl. The Morgan fingerprint density at radius 1 is 1.67 bits per heavy atom. The molecule has 0 aliphatic heterocycles. The Morgan fingerprint density at radius 3 is 2.50 bits per heavy atom. The highest BCUT2D eigenvalue weighted by Crippen LogP contribution is 2.05. The minimum atomic E-state index is -0.636. The third-order valence-corrected chi connectivity index (χ3v) is 1.27. The first-order valence-electron chi connectivity index (χ1n) is 3.11. The van der Waals surface area contributed by atoms with Crippen LogP contribution in [0.3, 0.4) is 0 Å². The third-order valence-electron chi connectivity index (χ3n) is 0.747. The highest BCUT2D eigenvalue weighted by molar-refractivity contribution is 6.80. The highest BCUT2D eigenvalue weighted by atomic mass is 35.6. The number of esters is 1. The molecule has 1 atom stereocenters. The molecule has 0 aliphatic carbocycles. The summed E-state index contributed by atoms with van der Waals surface area (Å²) in [5, 5.41) is 0. The second kappa shape index (κ2) is 11.3. The zero-order valence-electron chi connectivity index (χ0n) is 6.73. The van der Waals surface area contributed by atoms with Gasteiger partial charge in [0.25, 0.3) is 0 Å². The van der Waals surface area contributed by atoms with Crippen LogP contribution in [0.2, 0.25) is 0 Å². The maximum absolute atomic E-state index is 10.4. The van der Waals surface area contributed by atoms with E-state index in [1.807, 2.05) is 0 Å². The van der Waals surface area contributed by atoms with Crippen molar-refractivity contribution in [3.63, 3.8) is 0 Å². The maximum Gasteiger partial charge on any atom is 0.331 e. The Hall–Kier alpha value is 0.297. The largest absolute Gasteiger partial charge is 0.443 e. The molecule has 0 heterocycles. The van der Waals surface area contributed by atoms with Crippen molar-refractivity contribution in [1.29, 1.82) is 0 Å². The molecule has 0 fully saturated rings. The summed E-state index contributed by atoms with van der Waals surface area (Å²) in [4.78, 5) is 10.4. The molecule has 0 saturated carbocycles. The Morgan fingerprint density at radius 2 is 2.17 bits per heavy atom. The minimum Gasteiger partial charge on any atom is -0.443 e. The molecule has 0 spiro atoms. The number of hydrogen-bond acceptors (Lipinski definition) is 2. The first-order valence-corrected chi connectivity index (χ1v) is 7.11. The van der Waals surface area contributed by atoms with Crippen LogP contribution < -0.4 is 0 Å². The number of rotatable bonds is 4. The lowest BCUT2D eigenvalue weighted by molar-refractivity contribution is -0.139. The summed E-state index contributed by atoms with van der Waals surface area (Å²) in [6, 6.07) is 0. The van der Waals surface area contributed by atoms with Crippen LogP contribution in [-0.2, 0) is 9.53 Å². The van der Waals surface area contributed by atoms with Crippen molar-refractivity contribution in [2.45, 2.75) is 12.0 Å². The summed E-state index contributed by atoms with van der Waals surface area (Å²) >= 11 is 15.6. The molecular weight excluding hydrogens is 239 g/mol. The van der Waals surface area contributed by atoms with Gasteiger partial charge < -0.3 is 4.74 Å². The second-order valence-corrected chi connectivity index (χ2v) is 2.39. The van der Waals surface area contributed by atoms with Gasteiger partial charge in [0.2, 0.25) is 0 Å². The fourth-order valence-electron chi connectivity index (χ4n) is 0.319. The van der Waals surface area contributed by atoms with E-state index >= 15 is 0 Å². The third kappa shape index (κ3) is 10.3. The lowest BCUT2D eigenvalue weighted by atomic mass is 10.5. The van der Waals surface area contributed by atoms with E-state index in [1.165, 1.54) is 0 Å². The van der Waals surface area contributed by atoms with Gasteiger partial charge in [-0.3, -0.25) is 0 Å². The number of carbonyl (C=O) groups is 1. The normalized spacial score (nSPS) is 10.9. The summed E-state index contributed by atoms with van der Waals surface area (Å²) < 4.78 is 4.56. The first-order chi connectivity index (χ1) is 5.70. The Bertz CT molecular complexity index is 132. The smallest absolute Gasteiger partial charge is 0.331 e. The molecule has 72 valence electrons. The molecule has 6 heteroatoms. The minimum absolute atomic E-state index is 0.374. The van der Waals surface area contributed by atoms with Crippen molar-refractivity contribution in [2.24, 2.45) is 0 Å². The first kappa shape index (κ1) is 14.8. The number of alkyl halides is 2. The molecule has 1 unspecified atom stereocenters. The molecule has 0 amide bonds. The number of hydrogen-bond donors (Lipinski definition) is 0. The zero-order valence-corrected chi connectivity index (χ0v) is 11.0. The van der Waals surface area contributed by atoms with E-state index in [1.54, 1.807) is 0 Å². The predicted octanol–water partition coefficient (Wildman–Crippen LogP) is 1.41. The fraction of sp³-hybridized carbons (Fsp3) is 0.500. The highest BCUT2D eigenvalue weighted by Gasteiger charge is 2.06. The van der Waals surface area contributed by atoms with Crippen molar-refractivity contribution in [2.75, 3.05) is 5.88 Å². The molecule has 0 rings (SSSR count). The summed E-state index contributed by atoms with van der Waals surface area (Å²) in [6.45, 7) is 3.21. The molecule has 12 heavy (non-hydrogen) atoms. The van der Waals surface area contributed by atoms with Gasteiger partial charge >= 0.3 is 5.97 Å². The standard InChI is InChI=1S/C6H8Cl2O2.ClH3Si/c1-2-6(9)10-5(8)3-4-7;1-2/h2,5H,1,3-4H2;2H3. The van der Waals surface area contributed by atoms with Crippen molar-refractivity contribution < 1.29 is 9.53 Å². The molecule has 0 saturated heterocycles. The van der Waals surface area contributed by atoms with Crippen molar-refractivity contribution in [3.05, 3.63) is 12.7 Å². The summed E-state index contributed by atoms with van der Waals surface area (Å²) in [5.41, 5.74) is -0.636. The van der Waals surface area contributed by atoms with Gasteiger partial charge in [-0.15, -0.1) is 11.6 Å². The zero-order chi connectivity index (χ0) is 9.98. The van der Waals surface area contributed by atoms with Crippen LogP contribution in [0.4, 0.5) is 0 Å². The predicted molar refractivity (Wildman–Crippen MR) is 57.1 cm³/mol. The van der Waals surface area contributed by atoms with Crippen LogP contribution in [-0.4, -0.2) is 27.0 Å². The van der Waals surface area contributed by atoms with Crippen LogP contribution in [0.5, 0.6) is 0 Å². The van der Waals surface area contributed by atoms with Gasteiger partial charge in [-0.25, -0.2) is 4.79 Å². The van der Waals surface area contributed by atoms with Crippen molar-refractivity contribution in [3.8, 4) is 0 Å². The van der Waals surface area contributed by atoms with Crippen LogP contribution in [0, 0.1) is 0 Å². The van der Waals surface area contributed by atoms with Crippen molar-refractivity contribution in [1.82, 2.24) is 0 Å². The fourth-order valence-corrected chi connectivity index (χ4v) is 0.826. The number of ether oxygens (including phenoxy) is 1. The van der Waals surface area contributed by atoms with Gasteiger partial charge in [-0.2, -0.15) is 11.1 Å². The van der Waals surface area contributed by atoms with E-state index in [0.29, 0.717) is 12.3 Å².